The Morgan fingerprint density at radius 3 is 2.37 bits per heavy atom. The van der Waals surface area contributed by atoms with Crippen LogP contribution in [-0.4, -0.2) is 19.2 Å². The van der Waals surface area contributed by atoms with E-state index in [1.54, 1.807) is 24.4 Å². The number of rotatable bonds is 4. The molecule has 0 spiro atoms. The van der Waals surface area contributed by atoms with Crippen LogP contribution in [0.3, 0.4) is 0 Å². The van der Waals surface area contributed by atoms with Crippen LogP contribution in [0.1, 0.15) is 17.0 Å². The lowest BCUT2D eigenvalue weighted by Gasteiger charge is -2.10. The third-order valence-corrected chi connectivity index (χ3v) is 6.31. The van der Waals surface area contributed by atoms with Gasteiger partial charge >= 0.3 is 0 Å². The van der Waals surface area contributed by atoms with E-state index in [1.165, 1.54) is 12.1 Å². The monoisotopic (exact) mass is 465 g/mol. The van der Waals surface area contributed by atoms with Gasteiger partial charge in [-0.3, -0.25) is 4.99 Å². The molecule has 0 amide bonds. The molecule has 0 aliphatic heterocycles. The Morgan fingerprint density at radius 2 is 1.78 bits per heavy atom. The van der Waals surface area contributed by atoms with Crippen molar-refractivity contribution in [3.8, 4) is 5.69 Å². The van der Waals surface area contributed by atoms with E-state index in [2.05, 4.69) is 20.9 Å². The quantitative estimate of drug-likeness (QED) is 0.555. The molecule has 2 N–H and O–H groups in total. The predicted octanol–water partition coefficient (Wildman–Crippen LogP) is 4.91. The number of hydrogen-bond donors (Lipinski definition) is 1. The van der Waals surface area contributed by atoms with Crippen LogP contribution in [0.15, 0.2) is 62.9 Å². The van der Waals surface area contributed by atoms with E-state index < -0.39 is 10.0 Å². The van der Waals surface area contributed by atoms with Crippen LogP contribution in [0.25, 0.3) is 5.69 Å². The van der Waals surface area contributed by atoms with E-state index in [-0.39, 0.29) is 4.90 Å². The lowest BCUT2D eigenvalue weighted by atomic mass is 10.2. The molecule has 8 heteroatoms. The first-order valence-electron chi connectivity index (χ1n) is 7.98. The highest BCUT2D eigenvalue weighted by molar-refractivity contribution is 9.10. The van der Waals surface area contributed by atoms with Crippen molar-refractivity contribution < 1.29 is 8.42 Å². The molecule has 0 atom stereocenters. The molecule has 0 aliphatic carbocycles. The maximum atomic E-state index is 11.4. The topological polar surface area (TPSA) is 77.5 Å². The first-order valence-corrected chi connectivity index (χ1v) is 10.7. The molecule has 2 aromatic carbocycles. The Labute approximate surface area is 171 Å². The van der Waals surface area contributed by atoms with Gasteiger partial charge in [-0.1, -0.05) is 11.6 Å². The number of nitrogens with two attached hydrogens (primary N) is 1. The number of aryl methyl sites for hydroxylation is 1. The minimum absolute atomic E-state index is 0.0858. The maximum Gasteiger partial charge on any atom is 0.238 e. The molecule has 0 saturated carbocycles. The molecule has 0 radical (unpaired) electrons. The van der Waals surface area contributed by atoms with Crippen LogP contribution in [-0.2, 0) is 10.0 Å². The summed E-state index contributed by atoms with van der Waals surface area (Å²) in [6.07, 6.45) is 1.79. The first kappa shape index (κ1) is 19.8. The highest BCUT2D eigenvalue weighted by Gasteiger charge is 2.12. The van der Waals surface area contributed by atoms with Gasteiger partial charge in [0, 0.05) is 33.3 Å². The maximum absolute atomic E-state index is 11.4. The van der Waals surface area contributed by atoms with Crippen molar-refractivity contribution in [2.24, 2.45) is 10.1 Å². The Morgan fingerprint density at radius 1 is 1.11 bits per heavy atom. The van der Waals surface area contributed by atoms with Crippen molar-refractivity contribution in [3.05, 3.63) is 75.0 Å². The Bertz CT molecular complexity index is 1140. The lowest BCUT2D eigenvalue weighted by molar-refractivity contribution is 0.598. The van der Waals surface area contributed by atoms with Crippen molar-refractivity contribution in [1.82, 2.24) is 4.57 Å². The Hall–Kier alpha value is -1.93. The number of aromatic nitrogens is 1. The molecular weight excluding hydrogens is 450 g/mol. The highest BCUT2D eigenvalue weighted by atomic mass is 79.9. The number of aliphatic imine (C=N–C) groups is 1. The van der Waals surface area contributed by atoms with E-state index in [9.17, 15) is 8.42 Å². The first-order chi connectivity index (χ1) is 12.7. The number of sulfonamides is 1. The Balaban J connectivity index is 1.95. The number of nitrogens with zero attached hydrogens (tertiary/aromatic N) is 2. The van der Waals surface area contributed by atoms with Gasteiger partial charge < -0.3 is 4.57 Å². The fourth-order valence-corrected chi connectivity index (χ4v) is 3.75. The van der Waals surface area contributed by atoms with Gasteiger partial charge in [-0.15, -0.1) is 0 Å². The average Bonchev–Trinajstić information content (AvgIpc) is 2.89. The van der Waals surface area contributed by atoms with Gasteiger partial charge in [-0.25, -0.2) is 13.6 Å². The molecule has 0 bridgehead atoms. The average molecular weight is 467 g/mol. The van der Waals surface area contributed by atoms with E-state index in [1.807, 2.05) is 36.6 Å². The summed E-state index contributed by atoms with van der Waals surface area (Å²) in [7, 11) is -3.71. The van der Waals surface area contributed by atoms with Crippen LogP contribution in [0.4, 0.5) is 5.69 Å². The fourth-order valence-electron chi connectivity index (χ4n) is 2.81. The zero-order valence-electron chi connectivity index (χ0n) is 14.6. The molecular formula is C19H17BrClN3O2S. The summed E-state index contributed by atoms with van der Waals surface area (Å²) >= 11 is 9.46. The smallest absolute Gasteiger partial charge is 0.238 e. The minimum atomic E-state index is -3.71. The second-order valence-electron chi connectivity index (χ2n) is 6.06. The van der Waals surface area contributed by atoms with E-state index in [0.717, 1.165) is 32.8 Å². The lowest BCUT2D eigenvalue weighted by Crippen LogP contribution is -2.12. The van der Waals surface area contributed by atoms with Crippen molar-refractivity contribution in [2.45, 2.75) is 18.7 Å². The molecule has 0 unspecified atom stereocenters. The van der Waals surface area contributed by atoms with E-state index >= 15 is 0 Å². The molecule has 0 fully saturated rings. The molecule has 1 heterocycles. The third kappa shape index (κ3) is 4.32. The molecule has 27 heavy (non-hydrogen) atoms. The number of primary sulfonamides is 1. The summed E-state index contributed by atoms with van der Waals surface area (Å²) in [6, 6.07) is 14.0. The van der Waals surface area contributed by atoms with Crippen molar-refractivity contribution in [3.63, 3.8) is 0 Å². The van der Waals surface area contributed by atoms with Gasteiger partial charge in [0.25, 0.3) is 0 Å². The number of benzene rings is 2. The SMILES string of the molecule is Cc1cc(C=Nc2ccc(Br)c(Cl)c2)c(C)n1-c1ccc(S(N)(=O)=O)cc1. The zero-order valence-corrected chi connectivity index (χ0v) is 17.8. The van der Waals surface area contributed by atoms with Crippen LogP contribution in [0.2, 0.25) is 5.02 Å². The van der Waals surface area contributed by atoms with Crippen molar-refractivity contribution in [2.75, 3.05) is 0 Å². The molecule has 3 aromatic rings. The minimum Gasteiger partial charge on any atom is -0.318 e. The van der Waals surface area contributed by atoms with Crippen LogP contribution in [0.5, 0.6) is 0 Å². The van der Waals surface area contributed by atoms with Crippen LogP contribution < -0.4 is 5.14 Å². The van der Waals surface area contributed by atoms with Gasteiger partial charge in [0.1, 0.15) is 0 Å². The van der Waals surface area contributed by atoms with E-state index in [4.69, 9.17) is 16.7 Å². The normalized spacial score (nSPS) is 12.0. The molecule has 140 valence electrons. The summed E-state index contributed by atoms with van der Waals surface area (Å²) in [5.74, 6) is 0. The molecule has 0 aliphatic rings. The number of halogens is 2. The predicted molar refractivity (Wildman–Crippen MR) is 113 cm³/mol. The molecule has 1 aromatic heterocycles. The Kier molecular flexibility index (Phi) is 5.58. The zero-order chi connectivity index (χ0) is 19.8. The third-order valence-electron chi connectivity index (χ3n) is 4.15. The van der Waals surface area contributed by atoms with Gasteiger partial charge in [-0.2, -0.15) is 0 Å². The molecule has 5 nitrogen and oxygen atoms in total. The standard InChI is InChI=1S/C19H17BrClN3O2S/c1-12-9-14(11-23-15-3-8-18(20)19(21)10-15)13(2)24(12)16-4-6-17(7-5-16)27(22,25)26/h3-11H,1-2H3,(H2,22,25,26). The van der Waals surface area contributed by atoms with Crippen molar-refractivity contribution >= 4 is 49.5 Å². The van der Waals surface area contributed by atoms with Gasteiger partial charge in [0.05, 0.1) is 15.6 Å². The summed E-state index contributed by atoms with van der Waals surface area (Å²) in [5, 5.41) is 5.76. The summed E-state index contributed by atoms with van der Waals surface area (Å²) in [6.45, 7) is 3.96. The van der Waals surface area contributed by atoms with Crippen LogP contribution >= 0.6 is 27.5 Å². The largest absolute Gasteiger partial charge is 0.318 e. The van der Waals surface area contributed by atoms with Gasteiger partial charge in [0.15, 0.2) is 0 Å². The second kappa shape index (κ2) is 7.59. The second-order valence-corrected chi connectivity index (χ2v) is 8.88. The summed E-state index contributed by atoms with van der Waals surface area (Å²) in [4.78, 5) is 4.58. The highest BCUT2D eigenvalue weighted by Crippen LogP contribution is 2.27. The van der Waals surface area contributed by atoms with Gasteiger partial charge in [0.2, 0.25) is 10.0 Å². The number of hydrogen-bond acceptors (Lipinski definition) is 3. The van der Waals surface area contributed by atoms with Crippen LogP contribution in [0, 0.1) is 13.8 Å². The van der Waals surface area contributed by atoms with E-state index in [0.29, 0.717) is 5.02 Å². The van der Waals surface area contributed by atoms with Crippen molar-refractivity contribution in [1.29, 1.82) is 0 Å². The molecule has 0 saturated heterocycles. The molecule has 3 rings (SSSR count). The fraction of sp³-hybridized carbons (Fsp3) is 0.105. The summed E-state index contributed by atoms with van der Waals surface area (Å²) in [5.41, 5.74) is 4.56. The van der Waals surface area contributed by atoms with Gasteiger partial charge in [-0.05, 0) is 78.3 Å². The summed E-state index contributed by atoms with van der Waals surface area (Å²) < 4.78 is 25.7.